The summed E-state index contributed by atoms with van der Waals surface area (Å²) in [5.41, 5.74) is 1.28. The van der Waals surface area contributed by atoms with Crippen molar-refractivity contribution in [2.24, 2.45) is 0 Å². The van der Waals surface area contributed by atoms with Gasteiger partial charge in [0.15, 0.2) is 0 Å². The van der Waals surface area contributed by atoms with Gasteiger partial charge in [-0.05, 0) is 30.3 Å². The van der Waals surface area contributed by atoms with Gasteiger partial charge >= 0.3 is 6.03 Å². The molecule has 0 saturated heterocycles. The van der Waals surface area contributed by atoms with Crippen molar-refractivity contribution in [3.05, 3.63) is 77.3 Å². The number of aliphatic hydroxyl groups is 1. The van der Waals surface area contributed by atoms with E-state index in [1.807, 2.05) is 0 Å². The Labute approximate surface area is 154 Å². The van der Waals surface area contributed by atoms with Gasteiger partial charge in [-0.2, -0.15) is 5.10 Å². The minimum atomic E-state index is -1.15. The number of nitrogens with zero attached hydrogens (tertiary/aromatic N) is 2. The lowest BCUT2D eigenvalue weighted by Gasteiger charge is -2.14. The van der Waals surface area contributed by atoms with Crippen LogP contribution in [0, 0.1) is 5.82 Å². The Balaban J connectivity index is 1.58. The number of benzene rings is 2. The predicted octanol–water partition coefficient (Wildman–Crippen LogP) is 3.52. The van der Waals surface area contributed by atoms with Crippen LogP contribution in [0.25, 0.3) is 5.69 Å². The first-order valence-electron chi connectivity index (χ1n) is 7.81. The number of rotatable bonds is 5. The Morgan fingerprint density at radius 1 is 1.27 bits per heavy atom. The Hall–Kier alpha value is -2.90. The van der Waals surface area contributed by atoms with Crippen LogP contribution in [-0.4, -0.2) is 27.5 Å². The van der Waals surface area contributed by atoms with Crippen LogP contribution >= 0.6 is 11.6 Å². The van der Waals surface area contributed by atoms with Crippen LogP contribution < -0.4 is 10.6 Å². The summed E-state index contributed by atoms with van der Waals surface area (Å²) in [4.78, 5) is 12.0. The SMILES string of the molecule is O=C(NCC(O)c1ccccc1F)Nc1ccc(-n2cccn2)c(Cl)c1. The van der Waals surface area contributed by atoms with Crippen LogP contribution in [0.3, 0.4) is 0 Å². The van der Waals surface area contributed by atoms with Crippen LogP contribution in [0.1, 0.15) is 11.7 Å². The van der Waals surface area contributed by atoms with Crippen molar-refractivity contribution in [3.8, 4) is 5.69 Å². The molecule has 0 saturated carbocycles. The highest BCUT2D eigenvalue weighted by molar-refractivity contribution is 6.32. The summed E-state index contributed by atoms with van der Waals surface area (Å²) in [6, 6.07) is 12.1. The molecule has 134 valence electrons. The maximum Gasteiger partial charge on any atom is 0.319 e. The molecule has 0 bridgehead atoms. The molecule has 0 spiro atoms. The van der Waals surface area contributed by atoms with Gasteiger partial charge in [-0.1, -0.05) is 29.8 Å². The fourth-order valence-corrected chi connectivity index (χ4v) is 2.67. The molecule has 0 aliphatic heterocycles. The molecule has 1 aromatic heterocycles. The highest BCUT2D eigenvalue weighted by Crippen LogP contribution is 2.24. The third-order valence-corrected chi connectivity index (χ3v) is 3.98. The van der Waals surface area contributed by atoms with Gasteiger partial charge in [-0.15, -0.1) is 0 Å². The number of amides is 2. The summed E-state index contributed by atoms with van der Waals surface area (Å²) in [6.45, 7) is -0.133. The standard InChI is InChI=1S/C18H16ClFN4O2/c19-14-10-12(6-7-16(14)24-9-3-8-22-24)23-18(26)21-11-17(25)13-4-1-2-5-15(13)20/h1-10,17,25H,11H2,(H2,21,23,26). The van der Waals surface area contributed by atoms with Crippen molar-refractivity contribution in [3.63, 3.8) is 0 Å². The van der Waals surface area contributed by atoms with E-state index in [0.29, 0.717) is 16.4 Å². The molecule has 1 atom stereocenters. The van der Waals surface area contributed by atoms with Gasteiger partial charge < -0.3 is 15.7 Å². The van der Waals surface area contributed by atoms with Crippen molar-refractivity contribution >= 4 is 23.3 Å². The predicted molar refractivity (Wildman–Crippen MR) is 97.0 cm³/mol. The van der Waals surface area contributed by atoms with E-state index in [4.69, 9.17) is 11.6 Å². The number of urea groups is 1. The van der Waals surface area contributed by atoms with Crippen molar-refractivity contribution in [1.29, 1.82) is 0 Å². The summed E-state index contributed by atoms with van der Waals surface area (Å²) in [6.07, 6.45) is 2.25. The number of aromatic nitrogens is 2. The Morgan fingerprint density at radius 3 is 2.77 bits per heavy atom. The van der Waals surface area contributed by atoms with E-state index in [1.165, 1.54) is 18.2 Å². The molecule has 2 amide bonds. The highest BCUT2D eigenvalue weighted by Gasteiger charge is 2.13. The fraction of sp³-hybridized carbons (Fsp3) is 0.111. The molecule has 26 heavy (non-hydrogen) atoms. The van der Waals surface area contributed by atoms with Gasteiger partial charge in [-0.25, -0.2) is 13.9 Å². The summed E-state index contributed by atoms with van der Waals surface area (Å²) in [7, 11) is 0. The zero-order valence-corrected chi connectivity index (χ0v) is 14.3. The van der Waals surface area contributed by atoms with Crippen LogP contribution in [0.4, 0.5) is 14.9 Å². The summed E-state index contributed by atoms with van der Waals surface area (Å²) in [5, 5.41) is 19.6. The van der Waals surface area contributed by atoms with E-state index in [-0.39, 0.29) is 12.1 Å². The molecule has 3 aromatic rings. The third kappa shape index (κ3) is 4.19. The van der Waals surface area contributed by atoms with Gasteiger partial charge in [0.25, 0.3) is 0 Å². The minimum absolute atomic E-state index is 0.124. The maximum atomic E-state index is 13.6. The van der Waals surface area contributed by atoms with Crippen molar-refractivity contribution in [2.45, 2.75) is 6.10 Å². The smallest absolute Gasteiger partial charge is 0.319 e. The molecule has 1 unspecified atom stereocenters. The van der Waals surface area contributed by atoms with E-state index < -0.39 is 18.0 Å². The maximum absolute atomic E-state index is 13.6. The second-order valence-electron chi connectivity index (χ2n) is 5.49. The van der Waals surface area contributed by atoms with Crippen molar-refractivity contribution in [1.82, 2.24) is 15.1 Å². The van der Waals surface area contributed by atoms with Crippen LogP contribution in [0.15, 0.2) is 60.9 Å². The number of carbonyl (C=O) groups excluding carboxylic acids is 1. The third-order valence-electron chi connectivity index (χ3n) is 3.68. The molecule has 3 rings (SSSR count). The van der Waals surface area contributed by atoms with Crippen LogP contribution in [0.5, 0.6) is 0 Å². The molecule has 8 heteroatoms. The van der Waals surface area contributed by atoms with Crippen molar-refractivity contribution < 1.29 is 14.3 Å². The molecule has 0 aliphatic carbocycles. The second kappa shape index (κ2) is 7.99. The van der Waals surface area contributed by atoms with E-state index in [0.717, 1.165) is 0 Å². The molecule has 3 N–H and O–H groups in total. The molecular weight excluding hydrogens is 359 g/mol. The average Bonchev–Trinajstić information content (AvgIpc) is 3.14. The topological polar surface area (TPSA) is 79.2 Å². The van der Waals surface area contributed by atoms with E-state index >= 15 is 0 Å². The first-order valence-corrected chi connectivity index (χ1v) is 8.19. The number of hydrogen-bond donors (Lipinski definition) is 3. The number of anilines is 1. The van der Waals surface area contributed by atoms with E-state index in [9.17, 15) is 14.3 Å². The molecule has 0 fully saturated rings. The minimum Gasteiger partial charge on any atom is -0.386 e. The monoisotopic (exact) mass is 374 g/mol. The summed E-state index contributed by atoms with van der Waals surface area (Å²) in [5.74, 6) is -0.525. The second-order valence-corrected chi connectivity index (χ2v) is 5.90. The lowest BCUT2D eigenvalue weighted by molar-refractivity contribution is 0.170. The molecular formula is C18H16ClFN4O2. The molecule has 0 aliphatic rings. The average molecular weight is 375 g/mol. The molecule has 0 radical (unpaired) electrons. The van der Waals surface area contributed by atoms with Gasteiger partial charge in [-0.3, -0.25) is 0 Å². The first-order chi connectivity index (χ1) is 12.5. The van der Waals surface area contributed by atoms with E-state index in [2.05, 4.69) is 15.7 Å². The summed E-state index contributed by atoms with van der Waals surface area (Å²) < 4.78 is 15.2. The quantitative estimate of drug-likeness (QED) is 0.639. The van der Waals surface area contributed by atoms with E-state index in [1.54, 1.807) is 47.4 Å². The molecule has 2 aromatic carbocycles. The Bertz CT molecular complexity index is 902. The van der Waals surface area contributed by atoms with Crippen LogP contribution in [0.2, 0.25) is 5.02 Å². The highest BCUT2D eigenvalue weighted by atomic mass is 35.5. The zero-order valence-electron chi connectivity index (χ0n) is 13.6. The fourth-order valence-electron chi connectivity index (χ4n) is 2.40. The molecule has 6 nitrogen and oxygen atoms in total. The number of nitrogens with one attached hydrogen (secondary N) is 2. The van der Waals surface area contributed by atoms with Gasteiger partial charge in [0.1, 0.15) is 5.82 Å². The number of hydrogen-bond acceptors (Lipinski definition) is 3. The lowest BCUT2D eigenvalue weighted by atomic mass is 10.1. The Kier molecular flexibility index (Phi) is 5.50. The first kappa shape index (κ1) is 17.9. The largest absolute Gasteiger partial charge is 0.386 e. The Morgan fingerprint density at radius 2 is 2.08 bits per heavy atom. The van der Waals surface area contributed by atoms with Crippen molar-refractivity contribution in [2.75, 3.05) is 11.9 Å². The van der Waals surface area contributed by atoms with Gasteiger partial charge in [0.05, 0.1) is 16.8 Å². The van der Waals surface area contributed by atoms with Gasteiger partial charge in [0, 0.05) is 30.2 Å². The number of aliphatic hydroxyl groups excluding tert-OH is 1. The normalized spacial score (nSPS) is 11.8. The summed E-state index contributed by atoms with van der Waals surface area (Å²) >= 11 is 6.22. The number of carbonyl (C=O) groups is 1. The zero-order chi connectivity index (χ0) is 18.5. The number of halogens is 2. The lowest BCUT2D eigenvalue weighted by Crippen LogP contribution is -2.32. The van der Waals surface area contributed by atoms with Crippen LogP contribution in [-0.2, 0) is 0 Å². The van der Waals surface area contributed by atoms with Gasteiger partial charge in [0.2, 0.25) is 0 Å². The molecule has 1 heterocycles.